The van der Waals surface area contributed by atoms with E-state index in [1.54, 1.807) is 31.0 Å². The molecule has 5 rings (SSSR count). The van der Waals surface area contributed by atoms with Crippen molar-refractivity contribution in [3.8, 4) is 11.3 Å². The number of hydrogen-bond donors (Lipinski definition) is 1. The lowest BCUT2D eigenvalue weighted by molar-refractivity contribution is -0.125. The fourth-order valence-corrected chi connectivity index (χ4v) is 3.96. The maximum atomic E-state index is 12.6. The van der Waals surface area contributed by atoms with Crippen molar-refractivity contribution >= 4 is 22.6 Å². The highest BCUT2D eigenvalue weighted by atomic mass is 16.5. The summed E-state index contributed by atoms with van der Waals surface area (Å²) < 4.78 is 5.40. The molecule has 3 aromatic rings. The van der Waals surface area contributed by atoms with Crippen LogP contribution in [0.15, 0.2) is 43.1 Å². The van der Waals surface area contributed by atoms with Crippen LogP contribution in [0.25, 0.3) is 22.2 Å². The molecule has 1 saturated carbocycles. The molecule has 1 aliphatic heterocycles. The predicted molar refractivity (Wildman–Crippen MR) is 108 cm³/mol. The molecule has 8 heteroatoms. The van der Waals surface area contributed by atoms with Gasteiger partial charge in [-0.1, -0.05) is 0 Å². The number of hydrogen-bond acceptors (Lipinski definition) is 7. The van der Waals surface area contributed by atoms with Crippen LogP contribution >= 0.6 is 0 Å². The third-order valence-corrected chi connectivity index (χ3v) is 5.72. The zero-order chi connectivity index (χ0) is 19.6. The topological polar surface area (TPSA) is 93.1 Å². The maximum Gasteiger partial charge on any atom is 0.228 e. The van der Waals surface area contributed by atoms with E-state index >= 15 is 0 Å². The van der Waals surface area contributed by atoms with E-state index < -0.39 is 0 Å². The van der Waals surface area contributed by atoms with Crippen molar-refractivity contribution in [2.45, 2.75) is 18.9 Å². The van der Waals surface area contributed by atoms with E-state index in [-0.39, 0.29) is 11.8 Å². The summed E-state index contributed by atoms with van der Waals surface area (Å²) >= 11 is 0. The van der Waals surface area contributed by atoms with Crippen LogP contribution in [0, 0.1) is 5.92 Å². The highest BCUT2D eigenvalue weighted by Crippen LogP contribution is 2.33. The molecule has 29 heavy (non-hydrogen) atoms. The third kappa shape index (κ3) is 3.81. The van der Waals surface area contributed by atoms with Crippen LogP contribution < -0.4 is 5.32 Å². The Labute approximate surface area is 168 Å². The van der Waals surface area contributed by atoms with Gasteiger partial charge in [0.1, 0.15) is 5.82 Å². The molecule has 0 atom stereocenters. The molecular weight excluding hydrogens is 368 g/mol. The fraction of sp³-hybridized carbons (Fsp3) is 0.381. The molecule has 148 valence electrons. The van der Waals surface area contributed by atoms with E-state index in [9.17, 15) is 4.79 Å². The number of morpholine rings is 1. The molecule has 0 radical (unpaired) electrons. The first-order valence-electron chi connectivity index (χ1n) is 9.91. The monoisotopic (exact) mass is 390 g/mol. The molecule has 1 saturated heterocycles. The highest BCUT2D eigenvalue weighted by molar-refractivity contribution is 5.94. The lowest BCUT2D eigenvalue weighted by Gasteiger charge is -2.43. The fourth-order valence-electron chi connectivity index (χ4n) is 3.96. The highest BCUT2D eigenvalue weighted by Gasteiger charge is 2.38. The summed E-state index contributed by atoms with van der Waals surface area (Å²) in [5.74, 6) is 0.638. The van der Waals surface area contributed by atoms with Crippen LogP contribution in [0.3, 0.4) is 0 Å². The Morgan fingerprint density at radius 3 is 2.69 bits per heavy atom. The molecule has 3 aromatic heterocycles. The van der Waals surface area contributed by atoms with Crippen molar-refractivity contribution in [3.05, 3.63) is 43.1 Å². The maximum absolute atomic E-state index is 12.6. The number of anilines is 1. The van der Waals surface area contributed by atoms with Gasteiger partial charge in [-0.3, -0.25) is 24.6 Å². The number of rotatable bonds is 4. The number of nitrogens with zero attached hydrogens (tertiary/aromatic N) is 5. The van der Waals surface area contributed by atoms with Crippen LogP contribution in [-0.4, -0.2) is 63.1 Å². The summed E-state index contributed by atoms with van der Waals surface area (Å²) in [6, 6.07) is 4.35. The van der Waals surface area contributed by atoms with Crippen LogP contribution in [0.1, 0.15) is 12.8 Å². The zero-order valence-corrected chi connectivity index (χ0v) is 16.0. The largest absolute Gasteiger partial charge is 0.379 e. The molecular formula is C21H22N6O2. The van der Waals surface area contributed by atoms with Gasteiger partial charge in [-0.2, -0.15) is 0 Å². The molecule has 2 aliphatic rings. The van der Waals surface area contributed by atoms with Crippen LogP contribution in [0.5, 0.6) is 0 Å². The van der Waals surface area contributed by atoms with Crippen LogP contribution in [0.2, 0.25) is 0 Å². The second-order valence-electron chi connectivity index (χ2n) is 7.54. The van der Waals surface area contributed by atoms with Gasteiger partial charge in [0.25, 0.3) is 0 Å². The number of ether oxygens (including phenoxy) is 1. The number of carbonyl (C=O) groups is 1. The summed E-state index contributed by atoms with van der Waals surface area (Å²) in [5.41, 5.74) is 2.40. The van der Waals surface area contributed by atoms with E-state index in [0.717, 1.165) is 61.3 Å². The average molecular weight is 390 g/mol. The Morgan fingerprint density at radius 2 is 1.90 bits per heavy atom. The summed E-state index contributed by atoms with van der Waals surface area (Å²) in [4.78, 5) is 32.3. The Hall–Kier alpha value is -2.97. The van der Waals surface area contributed by atoms with Crippen molar-refractivity contribution in [1.29, 1.82) is 0 Å². The number of nitrogens with one attached hydrogen (secondary N) is 1. The Morgan fingerprint density at radius 1 is 1.03 bits per heavy atom. The van der Waals surface area contributed by atoms with Gasteiger partial charge in [0.05, 0.1) is 36.8 Å². The smallest absolute Gasteiger partial charge is 0.228 e. The summed E-state index contributed by atoms with van der Waals surface area (Å²) in [5, 5.41) is 3.87. The lowest BCUT2D eigenvalue weighted by Crippen LogP contribution is -2.52. The predicted octanol–water partition coefficient (Wildman–Crippen LogP) is 2.14. The first-order chi connectivity index (χ1) is 14.3. The second kappa shape index (κ2) is 7.81. The van der Waals surface area contributed by atoms with Gasteiger partial charge in [0.2, 0.25) is 5.91 Å². The molecule has 4 heterocycles. The number of carbonyl (C=O) groups excluding carboxylic acids is 1. The van der Waals surface area contributed by atoms with Crippen LogP contribution in [-0.2, 0) is 9.53 Å². The van der Waals surface area contributed by atoms with Crippen molar-refractivity contribution in [2.24, 2.45) is 5.92 Å². The minimum Gasteiger partial charge on any atom is -0.379 e. The Bertz CT molecular complexity index is 1020. The van der Waals surface area contributed by atoms with E-state index in [1.165, 1.54) is 0 Å². The quantitative estimate of drug-likeness (QED) is 0.729. The normalized spacial score (nSPS) is 22.2. The molecule has 8 nitrogen and oxygen atoms in total. The molecule has 0 spiro atoms. The SMILES string of the molecule is O=C(Nc1cc2cc(-c3cnccn3)cnc2cn1)[C@H]1C[C@H](N2CCOCC2)C1. The molecule has 0 aromatic carbocycles. The average Bonchev–Trinajstić information content (AvgIpc) is 2.73. The van der Waals surface area contributed by atoms with E-state index in [2.05, 4.69) is 30.2 Å². The number of amides is 1. The minimum atomic E-state index is 0.0411. The van der Waals surface area contributed by atoms with Gasteiger partial charge < -0.3 is 10.1 Å². The van der Waals surface area contributed by atoms with Crippen molar-refractivity contribution < 1.29 is 9.53 Å². The van der Waals surface area contributed by atoms with Gasteiger partial charge in [0.15, 0.2) is 0 Å². The van der Waals surface area contributed by atoms with Gasteiger partial charge in [-0.25, -0.2) is 4.98 Å². The third-order valence-electron chi connectivity index (χ3n) is 5.72. The molecule has 1 aliphatic carbocycles. The van der Waals surface area contributed by atoms with Gasteiger partial charge in [0, 0.05) is 54.6 Å². The lowest BCUT2D eigenvalue weighted by atomic mass is 9.78. The van der Waals surface area contributed by atoms with Crippen LogP contribution in [0.4, 0.5) is 5.82 Å². The summed E-state index contributed by atoms with van der Waals surface area (Å²) in [6.45, 7) is 3.51. The standard InChI is InChI=1S/C21H22N6O2/c28-21(15-8-17(9-15)27-3-5-29-6-4-27)26-20-10-14-7-16(11-24-19(14)13-25-20)18-12-22-1-2-23-18/h1-2,7,10-13,15,17H,3-6,8-9H2,(H,25,26,28)/t15-,17-. The first kappa shape index (κ1) is 18.1. The number of aromatic nitrogens is 4. The Balaban J connectivity index is 1.26. The molecule has 1 N–H and O–H groups in total. The van der Waals surface area contributed by atoms with Gasteiger partial charge >= 0.3 is 0 Å². The van der Waals surface area contributed by atoms with E-state index in [0.29, 0.717) is 11.9 Å². The zero-order valence-electron chi connectivity index (χ0n) is 16.0. The van der Waals surface area contributed by atoms with Gasteiger partial charge in [-0.05, 0) is 25.0 Å². The molecule has 0 bridgehead atoms. The van der Waals surface area contributed by atoms with Gasteiger partial charge in [-0.15, -0.1) is 0 Å². The van der Waals surface area contributed by atoms with E-state index in [1.807, 2.05) is 12.1 Å². The van der Waals surface area contributed by atoms with Crippen molar-refractivity contribution in [1.82, 2.24) is 24.8 Å². The van der Waals surface area contributed by atoms with Crippen molar-refractivity contribution in [3.63, 3.8) is 0 Å². The minimum absolute atomic E-state index is 0.0411. The first-order valence-corrected chi connectivity index (χ1v) is 9.91. The van der Waals surface area contributed by atoms with E-state index in [4.69, 9.17) is 4.74 Å². The number of fused-ring (bicyclic) bond motifs is 1. The molecule has 2 fully saturated rings. The Kier molecular flexibility index (Phi) is 4.87. The summed E-state index contributed by atoms with van der Waals surface area (Å²) in [6.07, 6.45) is 10.2. The summed E-state index contributed by atoms with van der Waals surface area (Å²) in [7, 11) is 0. The molecule has 1 amide bonds. The van der Waals surface area contributed by atoms with Crippen molar-refractivity contribution in [2.75, 3.05) is 31.6 Å². The second-order valence-corrected chi connectivity index (χ2v) is 7.54. The number of pyridine rings is 2. The molecule has 0 unspecified atom stereocenters.